The highest BCUT2D eigenvalue weighted by molar-refractivity contribution is 5.97. The summed E-state index contributed by atoms with van der Waals surface area (Å²) in [6.07, 6.45) is 0.936. The van der Waals surface area contributed by atoms with Crippen LogP contribution in [-0.2, 0) is 4.79 Å². The Hall–Kier alpha value is -2.49. The van der Waals surface area contributed by atoms with Crippen molar-refractivity contribution in [2.75, 3.05) is 11.9 Å². The van der Waals surface area contributed by atoms with Crippen LogP contribution in [0.15, 0.2) is 23.9 Å². The number of hydrogen-bond acceptors (Lipinski definition) is 3. The van der Waals surface area contributed by atoms with E-state index in [1.807, 2.05) is 13.8 Å². The van der Waals surface area contributed by atoms with Crippen LogP contribution in [0.25, 0.3) is 0 Å². The first-order valence-corrected chi connectivity index (χ1v) is 6.15. The van der Waals surface area contributed by atoms with Crippen LogP contribution in [0.4, 0.5) is 18.9 Å². The molecular weight excluding hydrogens is 283 g/mol. The molecule has 1 amide bonds. The number of nitrogens with one attached hydrogen (secondary N) is 2. The smallest absolute Gasteiger partial charge is 0.263 e. The number of carbonyl (C=O) groups excluding carboxylic acids is 1. The van der Waals surface area contributed by atoms with Crippen molar-refractivity contribution >= 4 is 11.6 Å². The van der Waals surface area contributed by atoms with Crippen molar-refractivity contribution in [2.45, 2.75) is 13.8 Å². The van der Waals surface area contributed by atoms with Crippen LogP contribution in [0.5, 0.6) is 0 Å². The molecule has 2 N–H and O–H groups in total. The fourth-order valence-corrected chi connectivity index (χ4v) is 1.33. The van der Waals surface area contributed by atoms with E-state index in [1.165, 1.54) is 0 Å². The van der Waals surface area contributed by atoms with Gasteiger partial charge in [-0.3, -0.25) is 4.79 Å². The van der Waals surface area contributed by atoms with Crippen LogP contribution < -0.4 is 10.6 Å². The molecule has 0 heterocycles. The second-order valence-corrected chi connectivity index (χ2v) is 4.64. The van der Waals surface area contributed by atoms with E-state index in [2.05, 4.69) is 10.6 Å². The Bertz CT molecular complexity index is 606. The molecule has 112 valence electrons. The third-order valence-corrected chi connectivity index (χ3v) is 2.44. The summed E-state index contributed by atoms with van der Waals surface area (Å²) in [5.74, 6) is -4.81. The quantitative estimate of drug-likeness (QED) is 0.499. The van der Waals surface area contributed by atoms with Crippen LogP contribution in [-0.4, -0.2) is 12.5 Å². The predicted molar refractivity (Wildman–Crippen MR) is 71.5 cm³/mol. The Kier molecular flexibility index (Phi) is 5.79. The van der Waals surface area contributed by atoms with Gasteiger partial charge >= 0.3 is 0 Å². The van der Waals surface area contributed by atoms with E-state index in [9.17, 15) is 18.0 Å². The number of anilines is 1. The molecule has 0 aliphatic rings. The second kappa shape index (κ2) is 7.33. The van der Waals surface area contributed by atoms with Crippen molar-refractivity contribution in [2.24, 2.45) is 5.92 Å². The van der Waals surface area contributed by atoms with E-state index in [0.29, 0.717) is 6.54 Å². The number of rotatable bonds is 5. The highest BCUT2D eigenvalue weighted by atomic mass is 19.2. The maximum absolute atomic E-state index is 13.4. The number of amides is 1. The van der Waals surface area contributed by atoms with Gasteiger partial charge in [0.05, 0.1) is 5.69 Å². The van der Waals surface area contributed by atoms with Gasteiger partial charge in [0.25, 0.3) is 5.91 Å². The minimum Gasteiger partial charge on any atom is -0.358 e. The Morgan fingerprint density at radius 1 is 1.33 bits per heavy atom. The van der Waals surface area contributed by atoms with Gasteiger partial charge in [-0.25, -0.2) is 13.2 Å². The minimum atomic E-state index is -1.63. The molecule has 4 nitrogen and oxygen atoms in total. The molecule has 0 aromatic heterocycles. The van der Waals surface area contributed by atoms with Gasteiger partial charge < -0.3 is 10.6 Å². The summed E-state index contributed by atoms with van der Waals surface area (Å²) in [4.78, 5) is 11.6. The molecule has 0 aliphatic carbocycles. The van der Waals surface area contributed by atoms with Crippen LogP contribution in [0.1, 0.15) is 13.8 Å². The van der Waals surface area contributed by atoms with Crippen molar-refractivity contribution in [3.8, 4) is 6.07 Å². The van der Waals surface area contributed by atoms with E-state index in [0.717, 1.165) is 18.3 Å². The highest BCUT2D eigenvalue weighted by Gasteiger charge is 2.14. The standard InChI is InChI=1S/C14H14F3N3O/c1-8(2)6-20-14(21)9(5-18)7-19-11-4-3-10(15)12(16)13(11)17/h3-4,7-8,19H,6H2,1-2H3,(H,20,21)/b9-7-. The third-order valence-electron chi connectivity index (χ3n) is 2.44. The van der Waals surface area contributed by atoms with Crippen molar-refractivity contribution in [3.05, 3.63) is 41.4 Å². The number of carbonyl (C=O) groups is 1. The zero-order valence-corrected chi connectivity index (χ0v) is 11.5. The lowest BCUT2D eigenvalue weighted by atomic mass is 10.2. The van der Waals surface area contributed by atoms with Crippen molar-refractivity contribution < 1.29 is 18.0 Å². The van der Waals surface area contributed by atoms with Gasteiger partial charge in [0.15, 0.2) is 17.5 Å². The fourth-order valence-electron chi connectivity index (χ4n) is 1.33. The molecule has 0 saturated carbocycles. The maximum atomic E-state index is 13.4. The average molecular weight is 297 g/mol. The van der Waals surface area contributed by atoms with E-state index < -0.39 is 23.4 Å². The summed E-state index contributed by atoms with van der Waals surface area (Å²) in [5, 5.41) is 13.6. The summed E-state index contributed by atoms with van der Waals surface area (Å²) >= 11 is 0. The summed E-state index contributed by atoms with van der Waals surface area (Å²) in [6, 6.07) is 3.34. The zero-order chi connectivity index (χ0) is 16.0. The van der Waals surface area contributed by atoms with Crippen LogP contribution in [0.2, 0.25) is 0 Å². The Labute approximate surface area is 120 Å². The third kappa shape index (κ3) is 4.53. The Morgan fingerprint density at radius 2 is 2.00 bits per heavy atom. The molecule has 1 aromatic carbocycles. The maximum Gasteiger partial charge on any atom is 0.263 e. The monoisotopic (exact) mass is 297 g/mol. The van der Waals surface area contributed by atoms with E-state index in [4.69, 9.17) is 5.26 Å². The van der Waals surface area contributed by atoms with Gasteiger partial charge in [-0.15, -0.1) is 0 Å². The highest BCUT2D eigenvalue weighted by Crippen LogP contribution is 2.19. The number of nitrogens with zero attached hydrogens (tertiary/aromatic N) is 1. The molecule has 0 radical (unpaired) electrons. The lowest BCUT2D eigenvalue weighted by Crippen LogP contribution is -2.28. The van der Waals surface area contributed by atoms with Gasteiger partial charge in [0.1, 0.15) is 11.6 Å². The molecule has 1 aromatic rings. The van der Waals surface area contributed by atoms with E-state index in [1.54, 1.807) is 6.07 Å². The molecule has 7 heteroatoms. The van der Waals surface area contributed by atoms with Gasteiger partial charge in [-0.1, -0.05) is 13.8 Å². The lowest BCUT2D eigenvalue weighted by molar-refractivity contribution is -0.117. The SMILES string of the molecule is CC(C)CNC(=O)/C(C#N)=C\Nc1ccc(F)c(F)c1F. The van der Waals surface area contributed by atoms with Crippen molar-refractivity contribution in [1.29, 1.82) is 5.26 Å². The number of nitriles is 1. The molecule has 0 unspecified atom stereocenters. The van der Waals surface area contributed by atoms with Crippen molar-refractivity contribution in [1.82, 2.24) is 5.32 Å². The Balaban J connectivity index is 2.85. The fraction of sp³-hybridized carbons (Fsp3) is 0.286. The number of benzene rings is 1. The normalized spacial score (nSPS) is 11.2. The van der Waals surface area contributed by atoms with Gasteiger partial charge in [-0.05, 0) is 18.1 Å². The van der Waals surface area contributed by atoms with E-state index >= 15 is 0 Å². The molecule has 0 fully saturated rings. The zero-order valence-electron chi connectivity index (χ0n) is 11.5. The summed E-state index contributed by atoms with van der Waals surface area (Å²) in [5.41, 5.74) is -0.682. The van der Waals surface area contributed by atoms with Crippen LogP contribution in [0, 0.1) is 34.7 Å². The number of halogens is 3. The van der Waals surface area contributed by atoms with Crippen LogP contribution in [0.3, 0.4) is 0 Å². The van der Waals surface area contributed by atoms with Gasteiger partial charge in [-0.2, -0.15) is 5.26 Å². The lowest BCUT2D eigenvalue weighted by Gasteiger charge is -2.07. The molecular formula is C14H14F3N3O. The van der Waals surface area contributed by atoms with E-state index in [-0.39, 0.29) is 17.2 Å². The molecule has 1 rings (SSSR count). The first-order chi connectivity index (χ1) is 9.86. The second-order valence-electron chi connectivity index (χ2n) is 4.64. The summed E-state index contributed by atoms with van der Waals surface area (Å²) < 4.78 is 39.1. The number of hydrogen-bond donors (Lipinski definition) is 2. The van der Waals surface area contributed by atoms with Gasteiger partial charge in [0, 0.05) is 12.7 Å². The van der Waals surface area contributed by atoms with Gasteiger partial charge in [0.2, 0.25) is 0 Å². The molecule has 21 heavy (non-hydrogen) atoms. The summed E-state index contributed by atoms with van der Waals surface area (Å²) in [7, 11) is 0. The molecule has 0 aliphatic heterocycles. The van der Waals surface area contributed by atoms with Crippen LogP contribution >= 0.6 is 0 Å². The first kappa shape index (κ1) is 16.6. The molecule has 0 bridgehead atoms. The average Bonchev–Trinajstić information content (AvgIpc) is 2.45. The van der Waals surface area contributed by atoms with Crippen molar-refractivity contribution in [3.63, 3.8) is 0 Å². The molecule has 0 saturated heterocycles. The molecule has 0 atom stereocenters. The predicted octanol–water partition coefficient (Wildman–Crippen LogP) is 2.70. The summed E-state index contributed by atoms with van der Waals surface area (Å²) in [6.45, 7) is 4.13. The largest absolute Gasteiger partial charge is 0.358 e. The topological polar surface area (TPSA) is 64.9 Å². The first-order valence-electron chi connectivity index (χ1n) is 6.15. The molecule has 0 spiro atoms. The minimum absolute atomic E-state index is 0.200. The Morgan fingerprint density at radius 3 is 2.57 bits per heavy atom.